The number of hydrogen-bond donors (Lipinski definition) is 4. The molecule has 0 atom stereocenters. The molecule has 1 heterocycles. The number of hydrogen-bond acceptors (Lipinski definition) is 5. The Kier molecular flexibility index (Phi) is 3.56. The molecular weight excluding hydrogens is 248 g/mol. The summed E-state index contributed by atoms with van der Waals surface area (Å²) in [5.41, 5.74) is 6.42. The van der Waals surface area contributed by atoms with Crippen LogP contribution in [0.3, 0.4) is 0 Å². The Morgan fingerprint density at radius 3 is 3.00 bits per heavy atom. The van der Waals surface area contributed by atoms with Crippen molar-refractivity contribution in [3.8, 4) is 11.5 Å². The maximum absolute atomic E-state index is 11.9. The minimum absolute atomic E-state index is 0.140. The van der Waals surface area contributed by atoms with E-state index in [1.54, 1.807) is 12.1 Å². The molecule has 1 aromatic carbocycles. The molecule has 0 radical (unpaired) electrons. The SMILES string of the molecule is COc1cccc(C(=O)NCc2cn[nH]c2N)c1O. The van der Waals surface area contributed by atoms with Crippen LogP contribution >= 0.6 is 0 Å². The molecule has 0 spiro atoms. The quantitative estimate of drug-likeness (QED) is 0.645. The number of carbonyl (C=O) groups is 1. The second kappa shape index (κ2) is 5.30. The molecule has 100 valence electrons. The maximum atomic E-state index is 11.9. The minimum atomic E-state index is -0.419. The van der Waals surface area contributed by atoms with Crippen LogP contribution in [0, 0.1) is 0 Å². The number of aromatic amines is 1. The number of rotatable bonds is 4. The van der Waals surface area contributed by atoms with Crippen LogP contribution in [0.5, 0.6) is 11.5 Å². The fourth-order valence-electron chi connectivity index (χ4n) is 1.60. The highest BCUT2D eigenvalue weighted by Gasteiger charge is 2.14. The number of aromatic nitrogens is 2. The van der Waals surface area contributed by atoms with Crippen LogP contribution in [0.15, 0.2) is 24.4 Å². The third-order valence-corrected chi connectivity index (χ3v) is 2.65. The smallest absolute Gasteiger partial charge is 0.255 e. The zero-order chi connectivity index (χ0) is 13.8. The van der Waals surface area contributed by atoms with E-state index >= 15 is 0 Å². The highest BCUT2D eigenvalue weighted by Crippen LogP contribution is 2.29. The summed E-state index contributed by atoms with van der Waals surface area (Å²) < 4.78 is 4.94. The van der Waals surface area contributed by atoms with E-state index in [2.05, 4.69) is 15.5 Å². The summed E-state index contributed by atoms with van der Waals surface area (Å²) in [6, 6.07) is 4.70. The molecule has 0 unspecified atom stereocenters. The van der Waals surface area contributed by atoms with Gasteiger partial charge in [-0.2, -0.15) is 5.10 Å². The number of aromatic hydroxyl groups is 1. The number of nitrogen functional groups attached to an aromatic ring is 1. The first-order chi connectivity index (χ1) is 9.13. The molecule has 1 amide bonds. The summed E-state index contributed by atoms with van der Waals surface area (Å²) >= 11 is 0. The van der Waals surface area contributed by atoms with Crippen molar-refractivity contribution < 1.29 is 14.6 Å². The fraction of sp³-hybridized carbons (Fsp3) is 0.167. The molecule has 0 fully saturated rings. The van der Waals surface area contributed by atoms with Crippen molar-refractivity contribution in [1.29, 1.82) is 0 Å². The summed E-state index contributed by atoms with van der Waals surface area (Å²) in [6.45, 7) is 0.220. The first-order valence-electron chi connectivity index (χ1n) is 5.55. The Labute approximate surface area is 109 Å². The van der Waals surface area contributed by atoms with Gasteiger partial charge in [-0.05, 0) is 12.1 Å². The molecule has 2 rings (SSSR count). The maximum Gasteiger partial charge on any atom is 0.255 e. The minimum Gasteiger partial charge on any atom is -0.504 e. The number of phenolic OH excluding ortho intramolecular Hbond substituents is 1. The van der Waals surface area contributed by atoms with Crippen molar-refractivity contribution in [1.82, 2.24) is 15.5 Å². The predicted octanol–water partition coefficient (Wildman–Crippen LogP) is 0.636. The molecule has 2 aromatic rings. The molecule has 0 aliphatic rings. The molecule has 0 aliphatic heterocycles. The molecule has 0 saturated carbocycles. The molecule has 19 heavy (non-hydrogen) atoms. The van der Waals surface area contributed by atoms with Crippen molar-refractivity contribution in [3.63, 3.8) is 0 Å². The van der Waals surface area contributed by atoms with Crippen LogP contribution in [0.1, 0.15) is 15.9 Å². The zero-order valence-corrected chi connectivity index (χ0v) is 10.3. The number of nitrogens with zero attached hydrogens (tertiary/aromatic N) is 1. The van der Waals surface area contributed by atoms with Gasteiger partial charge >= 0.3 is 0 Å². The van der Waals surface area contributed by atoms with E-state index in [-0.39, 0.29) is 23.6 Å². The standard InChI is InChI=1S/C12H14N4O3/c1-19-9-4-2-3-8(10(9)17)12(18)14-5-7-6-15-16-11(7)13/h2-4,6,17H,5H2,1H3,(H,14,18)(H3,13,15,16). The van der Waals surface area contributed by atoms with E-state index in [9.17, 15) is 9.90 Å². The Balaban J connectivity index is 2.10. The number of phenols is 1. The van der Waals surface area contributed by atoms with Gasteiger partial charge in [0.05, 0.1) is 18.9 Å². The number of nitrogens with one attached hydrogen (secondary N) is 2. The number of anilines is 1. The van der Waals surface area contributed by atoms with Gasteiger partial charge in [0.1, 0.15) is 5.82 Å². The Morgan fingerprint density at radius 1 is 1.58 bits per heavy atom. The van der Waals surface area contributed by atoms with Crippen molar-refractivity contribution in [2.45, 2.75) is 6.54 Å². The first kappa shape index (κ1) is 12.7. The number of benzene rings is 1. The lowest BCUT2D eigenvalue weighted by Crippen LogP contribution is -2.23. The van der Waals surface area contributed by atoms with Crippen LogP contribution < -0.4 is 15.8 Å². The van der Waals surface area contributed by atoms with E-state index in [4.69, 9.17) is 10.5 Å². The lowest BCUT2D eigenvalue weighted by atomic mass is 10.1. The zero-order valence-electron chi connectivity index (χ0n) is 10.3. The van der Waals surface area contributed by atoms with Gasteiger partial charge in [0.15, 0.2) is 11.5 Å². The summed E-state index contributed by atoms with van der Waals surface area (Å²) in [5, 5.41) is 18.8. The number of amides is 1. The van der Waals surface area contributed by atoms with E-state index in [1.807, 2.05) is 0 Å². The summed E-state index contributed by atoms with van der Waals surface area (Å²) in [4.78, 5) is 11.9. The van der Waals surface area contributed by atoms with Crippen LogP contribution in [-0.4, -0.2) is 28.3 Å². The summed E-state index contributed by atoms with van der Waals surface area (Å²) in [5.74, 6) is 0.0327. The third kappa shape index (κ3) is 2.59. The average molecular weight is 262 g/mol. The molecule has 5 N–H and O–H groups in total. The number of ether oxygens (including phenoxy) is 1. The topological polar surface area (TPSA) is 113 Å². The highest BCUT2D eigenvalue weighted by atomic mass is 16.5. The van der Waals surface area contributed by atoms with E-state index < -0.39 is 5.91 Å². The third-order valence-electron chi connectivity index (χ3n) is 2.65. The van der Waals surface area contributed by atoms with E-state index in [0.29, 0.717) is 11.4 Å². The number of methoxy groups -OCH3 is 1. The lowest BCUT2D eigenvalue weighted by Gasteiger charge is -2.09. The van der Waals surface area contributed by atoms with Crippen molar-refractivity contribution in [3.05, 3.63) is 35.5 Å². The van der Waals surface area contributed by atoms with Gasteiger partial charge in [0, 0.05) is 12.1 Å². The Morgan fingerprint density at radius 2 is 2.37 bits per heavy atom. The van der Waals surface area contributed by atoms with E-state index in [0.717, 1.165) is 0 Å². The highest BCUT2D eigenvalue weighted by molar-refractivity contribution is 5.97. The Hall–Kier alpha value is -2.70. The van der Waals surface area contributed by atoms with E-state index in [1.165, 1.54) is 19.4 Å². The largest absolute Gasteiger partial charge is 0.504 e. The normalized spacial score (nSPS) is 10.2. The average Bonchev–Trinajstić information content (AvgIpc) is 2.82. The number of nitrogens with two attached hydrogens (primary N) is 1. The molecule has 7 nitrogen and oxygen atoms in total. The van der Waals surface area contributed by atoms with Crippen molar-refractivity contribution >= 4 is 11.7 Å². The second-order valence-corrected chi connectivity index (χ2v) is 3.85. The van der Waals surface area contributed by atoms with Crippen LogP contribution in [0.2, 0.25) is 0 Å². The van der Waals surface area contributed by atoms with Gasteiger partial charge in [0.25, 0.3) is 5.91 Å². The van der Waals surface area contributed by atoms with Gasteiger partial charge in [-0.15, -0.1) is 0 Å². The fourth-order valence-corrected chi connectivity index (χ4v) is 1.60. The van der Waals surface area contributed by atoms with Crippen LogP contribution in [0.25, 0.3) is 0 Å². The van der Waals surface area contributed by atoms with Gasteiger partial charge < -0.3 is 20.9 Å². The van der Waals surface area contributed by atoms with Crippen molar-refractivity contribution in [2.24, 2.45) is 0 Å². The van der Waals surface area contributed by atoms with Crippen LogP contribution in [-0.2, 0) is 6.54 Å². The summed E-state index contributed by atoms with van der Waals surface area (Å²) in [6.07, 6.45) is 1.53. The van der Waals surface area contributed by atoms with Gasteiger partial charge in [0.2, 0.25) is 0 Å². The van der Waals surface area contributed by atoms with Gasteiger partial charge in [-0.25, -0.2) is 0 Å². The number of para-hydroxylation sites is 1. The summed E-state index contributed by atoms with van der Waals surface area (Å²) in [7, 11) is 1.42. The number of carbonyl (C=O) groups excluding carboxylic acids is 1. The Bertz CT molecular complexity index is 594. The lowest BCUT2D eigenvalue weighted by molar-refractivity contribution is 0.0947. The number of H-pyrrole nitrogens is 1. The first-order valence-corrected chi connectivity index (χ1v) is 5.55. The molecule has 0 bridgehead atoms. The molecule has 0 saturated heterocycles. The van der Waals surface area contributed by atoms with Gasteiger partial charge in [-0.1, -0.05) is 6.07 Å². The molecule has 7 heteroatoms. The second-order valence-electron chi connectivity index (χ2n) is 3.85. The monoisotopic (exact) mass is 262 g/mol. The predicted molar refractivity (Wildman–Crippen MR) is 68.8 cm³/mol. The van der Waals surface area contributed by atoms with Gasteiger partial charge in [-0.3, -0.25) is 9.89 Å². The molecule has 0 aliphatic carbocycles. The molecule has 1 aromatic heterocycles. The van der Waals surface area contributed by atoms with Crippen LogP contribution in [0.4, 0.5) is 5.82 Å². The van der Waals surface area contributed by atoms with Crippen molar-refractivity contribution in [2.75, 3.05) is 12.8 Å². The molecular formula is C12H14N4O3.